The summed E-state index contributed by atoms with van der Waals surface area (Å²) in [4.78, 5) is 11.4. The summed E-state index contributed by atoms with van der Waals surface area (Å²) in [6.07, 6.45) is 2.78. The number of anilines is 3. The Hall–Kier alpha value is -2.79. The zero-order valence-corrected chi connectivity index (χ0v) is 16.1. The number of benzene rings is 2. The van der Waals surface area contributed by atoms with Crippen LogP contribution in [0.3, 0.4) is 0 Å². The van der Waals surface area contributed by atoms with Gasteiger partial charge in [0, 0.05) is 30.4 Å². The van der Waals surface area contributed by atoms with Crippen LogP contribution in [0, 0.1) is 6.92 Å². The second-order valence-corrected chi connectivity index (χ2v) is 7.02. The Bertz CT molecular complexity index is 976. The van der Waals surface area contributed by atoms with Crippen molar-refractivity contribution in [2.45, 2.75) is 19.9 Å². The van der Waals surface area contributed by atoms with Gasteiger partial charge in [0.15, 0.2) is 0 Å². The molecule has 6 heteroatoms. The van der Waals surface area contributed by atoms with Crippen molar-refractivity contribution >= 4 is 29.1 Å². The minimum atomic E-state index is 0.674. The molecule has 2 aromatic carbocycles. The van der Waals surface area contributed by atoms with E-state index in [2.05, 4.69) is 39.5 Å². The number of ether oxygens (including phenoxy) is 1. The predicted molar refractivity (Wildman–Crippen MR) is 109 cm³/mol. The van der Waals surface area contributed by atoms with Crippen molar-refractivity contribution in [3.05, 3.63) is 70.4 Å². The van der Waals surface area contributed by atoms with Gasteiger partial charge in [-0.1, -0.05) is 35.9 Å². The Morgan fingerprint density at radius 1 is 1.15 bits per heavy atom. The van der Waals surface area contributed by atoms with Gasteiger partial charge >= 0.3 is 0 Å². The highest BCUT2D eigenvalue weighted by molar-refractivity contribution is 6.31. The first-order chi connectivity index (χ1) is 13.1. The molecule has 0 fully saturated rings. The van der Waals surface area contributed by atoms with Crippen molar-refractivity contribution in [1.29, 1.82) is 0 Å². The molecule has 0 aliphatic carbocycles. The van der Waals surface area contributed by atoms with Gasteiger partial charge in [-0.3, -0.25) is 0 Å². The lowest BCUT2D eigenvalue weighted by Crippen LogP contribution is -2.31. The molecule has 0 atom stereocenters. The highest BCUT2D eigenvalue weighted by Crippen LogP contribution is 2.33. The average molecular weight is 381 g/mol. The normalized spacial score (nSPS) is 13.2. The Morgan fingerprint density at radius 2 is 1.96 bits per heavy atom. The lowest BCUT2D eigenvalue weighted by Gasteiger charge is -2.29. The minimum absolute atomic E-state index is 0.674. The molecule has 4 rings (SSSR count). The fourth-order valence-corrected chi connectivity index (χ4v) is 3.46. The number of methoxy groups -OCH3 is 1. The maximum absolute atomic E-state index is 6.20. The molecule has 0 spiro atoms. The summed E-state index contributed by atoms with van der Waals surface area (Å²) in [5, 5.41) is 4.00. The van der Waals surface area contributed by atoms with Gasteiger partial charge in [0.05, 0.1) is 12.8 Å². The fraction of sp³-hybridized carbons (Fsp3) is 0.238. The van der Waals surface area contributed by atoms with E-state index < -0.39 is 0 Å². The summed E-state index contributed by atoms with van der Waals surface area (Å²) in [6, 6.07) is 14.2. The van der Waals surface area contributed by atoms with Crippen molar-refractivity contribution in [1.82, 2.24) is 9.97 Å². The Morgan fingerprint density at radius 3 is 2.78 bits per heavy atom. The van der Waals surface area contributed by atoms with E-state index in [9.17, 15) is 0 Å². The van der Waals surface area contributed by atoms with E-state index in [1.165, 1.54) is 11.1 Å². The first-order valence-electron chi connectivity index (χ1n) is 8.90. The number of aromatic nitrogens is 2. The molecular weight excluding hydrogens is 360 g/mol. The van der Waals surface area contributed by atoms with E-state index in [0.717, 1.165) is 42.5 Å². The van der Waals surface area contributed by atoms with E-state index in [1.54, 1.807) is 13.3 Å². The van der Waals surface area contributed by atoms with Gasteiger partial charge in [-0.2, -0.15) is 4.98 Å². The molecular formula is C21H21ClN4O. The van der Waals surface area contributed by atoms with Gasteiger partial charge in [0.25, 0.3) is 0 Å². The number of aryl methyl sites for hydroxylation is 1. The number of nitrogens with one attached hydrogen (secondary N) is 1. The molecule has 1 N–H and O–H groups in total. The molecule has 1 aliphatic rings. The SMILES string of the molecule is COc1cc(Cl)c(C)cc1Nc1ccnc(N2CCc3ccccc3C2)n1. The Kier molecular flexibility index (Phi) is 4.86. The smallest absolute Gasteiger partial charge is 0.227 e. The number of hydrogen-bond donors (Lipinski definition) is 1. The zero-order chi connectivity index (χ0) is 18.8. The van der Waals surface area contributed by atoms with Crippen LogP contribution in [0.5, 0.6) is 5.75 Å². The third-order valence-corrected chi connectivity index (χ3v) is 5.21. The summed E-state index contributed by atoms with van der Waals surface area (Å²) >= 11 is 6.20. The molecule has 0 saturated carbocycles. The van der Waals surface area contributed by atoms with Gasteiger partial charge in [-0.25, -0.2) is 4.98 Å². The van der Waals surface area contributed by atoms with Gasteiger partial charge < -0.3 is 15.0 Å². The predicted octanol–water partition coefficient (Wildman–Crippen LogP) is 4.75. The molecule has 1 aliphatic heterocycles. The monoisotopic (exact) mass is 380 g/mol. The van der Waals surface area contributed by atoms with E-state index in [-0.39, 0.29) is 0 Å². The topological polar surface area (TPSA) is 50.3 Å². The standard InChI is InChI=1S/C21H21ClN4O/c1-14-11-18(19(27-2)12-17(14)22)24-20-7-9-23-21(25-20)26-10-8-15-5-3-4-6-16(15)13-26/h3-7,9,11-12H,8,10,13H2,1-2H3,(H,23,24,25). The third kappa shape index (κ3) is 3.69. The third-order valence-electron chi connectivity index (χ3n) is 4.80. The van der Waals surface area contributed by atoms with Crippen LogP contribution in [-0.2, 0) is 13.0 Å². The number of halogens is 1. The number of rotatable bonds is 4. The van der Waals surface area contributed by atoms with Crippen LogP contribution in [0.4, 0.5) is 17.5 Å². The van der Waals surface area contributed by atoms with E-state index in [1.807, 2.05) is 25.1 Å². The molecule has 138 valence electrons. The number of fused-ring (bicyclic) bond motifs is 1. The van der Waals surface area contributed by atoms with Gasteiger partial charge in [-0.05, 0) is 42.2 Å². The van der Waals surface area contributed by atoms with Crippen molar-refractivity contribution in [3.63, 3.8) is 0 Å². The Balaban J connectivity index is 1.58. The molecule has 5 nitrogen and oxygen atoms in total. The first-order valence-corrected chi connectivity index (χ1v) is 9.28. The molecule has 27 heavy (non-hydrogen) atoms. The van der Waals surface area contributed by atoms with Crippen molar-refractivity contribution < 1.29 is 4.74 Å². The van der Waals surface area contributed by atoms with Crippen LogP contribution in [0.25, 0.3) is 0 Å². The summed E-state index contributed by atoms with van der Waals surface area (Å²) in [5.74, 6) is 2.12. The van der Waals surface area contributed by atoms with Crippen LogP contribution >= 0.6 is 11.6 Å². The lowest BCUT2D eigenvalue weighted by atomic mass is 10.0. The van der Waals surface area contributed by atoms with E-state index in [0.29, 0.717) is 10.8 Å². The van der Waals surface area contributed by atoms with Gasteiger partial charge in [-0.15, -0.1) is 0 Å². The number of nitrogens with zero attached hydrogens (tertiary/aromatic N) is 3. The average Bonchev–Trinajstić information content (AvgIpc) is 2.70. The lowest BCUT2D eigenvalue weighted by molar-refractivity contribution is 0.416. The summed E-state index contributed by atoms with van der Waals surface area (Å²) in [5.41, 5.74) is 4.54. The fourth-order valence-electron chi connectivity index (χ4n) is 3.30. The van der Waals surface area contributed by atoms with E-state index >= 15 is 0 Å². The van der Waals surface area contributed by atoms with Crippen molar-refractivity contribution in [3.8, 4) is 5.75 Å². The molecule has 0 saturated heterocycles. The van der Waals surface area contributed by atoms with Crippen LogP contribution in [0.1, 0.15) is 16.7 Å². The van der Waals surface area contributed by atoms with Crippen LogP contribution < -0.4 is 15.0 Å². The highest BCUT2D eigenvalue weighted by atomic mass is 35.5. The second-order valence-electron chi connectivity index (χ2n) is 6.61. The molecule has 1 aromatic heterocycles. The molecule has 0 bridgehead atoms. The molecule has 0 unspecified atom stereocenters. The first kappa shape index (κ1) is 17.6. The quantitative estimate of drug-likeness (QED) is 0.707. The van der Waals surface area contributed by atoms with Gasteiger partial charge in [0.1, 0.15) is 11.6 Å². The maximum atomic E-state index is 6.20. The van der Waals surface area contributed by atoms with Crippen LogP contribution in [0.2, 0.25) is 5.02 Å². The highest BCUT2D eigenvalue weighted by Gasteiger charge is 2.18. The van der Waals surface area contributed by atoms with Gasteiger partial charge in [0.2, 0.25) is 5.95 Å². The molecule has 0 radical (unpaired) electrons. The minimum Gasteiger partial charge on any atom is -0.495 e. The molecule has 3 aromatic rings. The summed E-state index contributed by atoms with van der Waals surface area (Å²) in [6.45, 7) is 3.69. The number of hydrogen-bond acceptors (Lipinski definition) is 5. The van der Waals surface area contributed by atoms with Crippen LogP contribution in [-0.4, -0.2) is 23.6 Å². The summed E-state index contributed by atoms with van der Waals surface area (Å²) < 4.78 is 5.44. The molecule has 2 heterocycles. The largest absolute Gasteiger partial charge is 0.495 e. The maximum Gasteiger partial charge on any atom is 0.227 e. The second kappa shape index (κ2) is 7.45. The molecule has 0 amide bonds. The Labute approximate surface area is 164 Å². The zero-order valence-electron chi connectivity index (χ0n) is 15.4. The summed E-state index contributed by atoms with van der Waals surface area (Å²) in [7, 11) is 1.63. The van der Waals surface area contributed by atoms with Crippen molar-refractivity contribution in [2.75, 3.05) is 23.9 Å². The van der Waals surface area contributed by atoms with E-state index in [4.69, 9.17) is 21.3 Å². The van der Waals surface area contributed by atoms with Crippen molar-refractivity contribution in [2.24, 2.45) is 0 Å². The van der Waals surface area contributed by atoms with Crippen LogP contribution in [0.15, 0.2) is 48.7 Å².